The average molecular weight is 296 g/mol. The van der Waals surface area contributed by atoms with Crippen LogP contribution in [0.4, 0.5) is 0 Å². The van der Waals surface area contributed by atoms with E-state index in [4.69, 9.17) is 5.73 Å². The van der Waals surface area contributed by atoms with Crippen LogP contribution in [0.15, 0.2) is 24.3 Å². The van der Waals surface area contributed by atoms with E-state index in [0.717, 1.165) is 18.4 Å². The molecule has 0 spiro atoms. The highest BCUT2D eigenvalue weighted by molar-refractivity contribution is 7.98. The highest BCUT2D eigenvalue weighted by Crippen LogP contribution is 2.10. The fourth-order valence-corrected chi connectivity index (χ4v) is 2.36. The Balaban J connectivity index is 2.20. The number of hydrogen-bond acceptors (Lipinski definition) is 4. The summed E-state index contributed by atoms with van der Waals surface area (Å²) in [4.78, 5) is 11.8. The number of thioether (sulfide) groups is 1. The van der Waals surface area contributed by atoms with Gasteiger partial charge in [-0.15, -0.1) is 0 Å². The lowest BCUT2D eigenvalue weighted by Gasteiger charge is -2.12. The molecule has 5 heteroatoms. The molecule has 1 aromatic rings. The summed E-state index contributed by atoms with van der Waals surface area (Å²) in [5.74, 6) is 1.29. The zero-order valence-electron chi connectivity index (χ0n) is 12.0. The second-order valence-electron chi connectivity index (χ2n) is 4.82. The molecule has 0 aliphatic heterocycles. The number of phenolic OH excluding ortho intramolecular Hbond substituents is 1. The van der Waals surface area contributed by atoms with Gasteiger partial charge in [-0.1, -0.05) is 18.6 Å². The number of aromatic hydroxyl groups is 1. The van der Waals surface area contributed by atoms with E-state index in [0.29, 0.717) is 13.0 Å². The number of phenols is 1. The molecule has 0 aromatic heterocycles. The number of carbonyl (C=O) groups is 1. The molecule has 0 radical (unpaired) electrons. The first-order valence-corrected chi connectivity index (χ1v) is 8.33. The van der Waals surface area contributed by atoms with Crippen LogP contribution in [0.25, 0.3) is 0 Å². The van der Waals surface area contributed by atoms with Gasteiger partial charge >= 0.3 is 0 Å². The van der Waals surface area contributed by atoms with E-state index in [1.54, 1.807) is 24.3 Å². The van der Waals surface area contributed by atoms with Crippen molar-refractivity contribution in [1.82, 2.24) is 5.32 Å². The van der Waals surface area contributed by atoms with Crippen LogP contribution in [0.5, 0.6) is 5.75 Å². The molecule has 0 bridgehead atoms. The van der Waals surface area contributed by atoms with Gasteiger partial charge in [0.05, 0.1) is 6.04 Å². The van der Waals surface area contributed by atoms with Crippen LogP contribution >= 0.6 is 11.8 Å². The second-order valence-corrected chi connectivity index (χ2v) is 5.81. The summed E-state index contributed by atoms with van der Waals surface area (Å²) in [5, 5.41) is 12.1. The predicted octanol–water partition coefficient (Wildman–Crippen LogP) is 1.91. The minimum atomic E-state index is -0.536. The Morgan fingerprint density at radius 2 is 2.00 bits per heavy atom. The van der Waals surface area contributed by atoms with Crippen molar-refractivity contribution in [2.24, 2.45) is 5.73 Å². The van der Waals surface area contributed by atoms with Gasteiger partial charge in [0.1, 0.15) is 5.75 Å². The van der Waals surface area contributed by atoms with E-state index in [1.807, 2.05) is 11.8 Å². The van der Waals surface area contributed by atoms with E-state index in [-0.39, 0.29) is 11.7 Å². The molecule has 20 heavy (non-hydrogen) atoms. The Morgan fingerprint density at radius 3 is 2.65 bits per heavy atom. The van der Waals surface area contributed by atoms with E-state index in [1.165, 1.54) is 12.2 Å². The van der Waals surface area contributed by atoms with Crippen molar-refractivity contribution >= 4 is 17.7 Å². The summed E-state index contributed by atoms with van der Waals surface area (Å²) < 4.78 is 0. The topological polar surface area (TPSA) is 75.4 Å². The Kier molecular flexibility index (Phi) is 8.14. The van der Waals surface area contributed by atoms with Gasteiger partial charge in [-0.25, -0.2) is 0 Å². The molecule has 0 heterocycles. The Labute approximate surface area is 125 Å². The van der Waals surface area contributed by atoms with Crippen molar-refractivity contribution in [3.8, 4) is 5.75 Å². The third-order valence-corrected chi connectivity index (χ3v) is 3.75. The van der Waals surface area contributed by atoms with Crippen molar-refractivity contribution in [2.45, 2.75) is 31.7 Å². The monoisotopic (exact) mass is 296 g/mol. The highest BCUT2D eigenvalue weighted by Gasteiger charge is 2.13. The number of unbranched alkanes of at least 4 members (excludes halogenated alkanes) is 2. The quantitative estimate of drug-likeness (QED) is 0.609. The number of nitrogens with two attached hydrogens (primary N) is 1. The molecule has 4 N–H and O–H groups in total. The molecule has 1 aromatic carbocycles. The van der Waals surface area contributed by atoms with Crippen LogP contribution in [0.2, 0.25) is 0 Å². The SMILES string of the molecule is CSCCCCCNC(=O)[C@@H](N)Cc1ccc(O)cc1. The zero-order valence-corrected chi connectivity index (χ0v) is 12.8. The molecule has 0 saturated carbocycles. The fraction of sp³-hybridized carbons (Fsp3) is 0.533. The molecule has 0 unspecified atom stereocenters. The maximum atomic E-state index is 11.8. The second kappa shape index (κ2) is 9.66. The number of amides is 1. The van der Waals surface area contributed by atoms with Gasteiger partial charge in [0, 0.05) is 6.54 Å². The summed E-state index contributed by atoms with van der Waals surface area (Å²) in [6.07, 6.45) is 5.91. The average Bonchev–Trinajstić information content (AvgIpc) is 2.45. The van der Waals surface area contributed by atoms with Crippen molar-refractivity contribution in [1.29, 1.82) is 0 Å². The Morgan fingerprint density at radius 1 is 1.30 bits per heavy atom. The van der Waals surface area contributed by atoms with Gasteiger partial charge in [0.15, 0.2) is 0 Å². The van der Waals surface area contributed by atoms with Crippen LogP contribution in [0.1, 0.15) is 24.8 Å². The van der Waals surface area contributed by atoms with Gasteiger partial charge in [0.25, 0.3) is 0 Å². The van der Waals surface area contributed by atoms with E-state index in [2.05, 4.69) is 11.6 Å². The van der Waals surface area contributed by atoms with Crippen molar-refractivity contribution in [2.75, 3.05) is 18.6 Å². The number of hydrogen-bond donors (Lipinski definition) is 3. The number of nitrogens with one attached hydrogen (secondary N) is 1. The molecule has 1 rings (SSSR count). The van der Waals surface area contributed by atoms with E-state index in [9.17, 15) is 9.90 Å². The smallest absolute Gasteiger partial charge is 0.237 e. The maximum Gasteiger partial charge on any atom is 0.237 e. The third kappa shape index (κ3) is 6.82. The zero-order chi connectivity index (χ0) is 14.8. The lowest BCUT2D eigenvalue weighted by Crippen LogP contribution is -2.42. The number of rotatable bonds is 9. The van der Waals surface area contributed by atoms with Crippen LogP contribution in [0.3, 0.4) is 0 Å². The van der Waals surface area contributed by atoms with Crippen molar-refractivity contribution < 1.29 is 9.90 Å². The molecule has 0 aliphatic carbocycles. The van der Waals surface area contributed by atoms with Gasteiger partial charge in [-0.05, 0) is 49.0 Å². The molecule has 0 fully saturated rings. The van der Waals surface area contributed by atoms with Crippen molar-refractivity contribution in [3.05, 3.63) is 29.8 Å². The van der Waals surface area contributed by atoms with Gasteiger partial charge in [0.2, 0.25) is 5.91 Å². The molecular weight excluding hydrogens is 272 g/mol. The lowest BCUT2D eigenvalue weighted by molar-refractivity contribution is -0.122. The summed E-state index contributed by atoms with van der Waals surface area (Å²) in [5.41, 5.74) is 6.82. The normalized spacial score (nSPS) is 12.1. The third-order valence-electron chi connectivity index (χ3n) is 3.05. The Bertz CT molecular complexity index is 395. The standard InChI is InChI=1S/C15H24N2O2S/c1-20-10-4-2-3-9-17-15(19)14(16)11-12-5-7-13(18)8-6-12/h5-8,14,18H,2-4,9-11,16H2,1H3,(H,17,19)/t14-/m0/s1. The minimum absolute atomic E-state index is 0.108. The molecule has 0 aliphatic rings. The summed E-state index contributed by atoms with van der Waals surface area (Å²) in [6.45, 7) is 0.691. The number of benzene rings is 1. The lowest BCUT2D eigenvalue weighted by atomic mass is 10.1. The van der Waals surface area contributed by atoms with Crippen LogP contribution in [-0.2, 0) is 11.2 Å². The van der Waals surface area contributed by atoms with Crippen LogP contribution in [0, 0.1) is 0 Å². The van der Waals surface area contributed by atoms with Gasteiger partial charge in [-0.2, -0.15) is 11.8 Å². The largest absolute Gasteiger partial charge is 0.508 e. The molecule has 112 valence electrons. The van der Waals surface area contributed by atoms with Crippen molar-refractivity contribution in [3.63, 3.8) is 0 Å². The summed E-state index contributed by atoms with van der Waals surface area (Å²) in [6, 6.07) is 6.23. The molecule has 1 amide bonds. The first-order chi connectivity index (χ1) is 9.63. The molecular formula is C15H24N2O2S. The predicted molar refractivity (Wildman–Crippen MR) is 85.0 cm³/mol. The maximum absolute atomic E-state index is 11.8. The highest BCUT2D eigenvalue weighted by atomic mass is 32.2. The molecule has 4 nitrogen and oxygen atoms in total. The molecule has 1 atom stereocenters. The fourth-order valence-electron chi connectivity index (χ4n) is 1.87. The van der Waals surface area contributed by atoms with Crippen LogP contribution < -0.4 is 11.1 Å². The van der Waals surface area contributed by atoms with Crippen LogP contribution in [-0.4, -0.2) is 35.6 Å². The number of carbonyl (C=O) groups excluding carboxylic acids is 1. The molecule has 0 saturated heterocycles. The summed E-state index contributed by atoms with van der Waals surface area (Å²) >= 11 is 1.85. The van der Waals surface area contributed by atoms with Gasteiger partial charge in [-0.3, -0.25) is 4.79 Å². The summed E-state index contributed by atoms with van der Waals surface area (Å²) in [7, 11) is 0. The first kappa shape index (κ1) is 16.9. The minimum Gasteiger partial charge on any atom is -0.508 e. The first-order valence-electron chi connectivity index (χ1n) is 6.93. The van der Waals surface area contributed by atoms with E-state index >= 15 is 0 Å². The van der Waals surface area contributed by atoms with E-state index < -0.39 is 6.04 Å². The van der Waals surface area contributed by atoms with Gasteiger partial charge < -0.3 is 16.2 Å². The Hall–Kier alpha value is -1.20.